The summed E-state index contributed by atoms with van der Waals surface area (Å²) in [4.78, 5) is 0. The van der Waals surface area contributed by atoms with Gasteiger partial charge < -0.3 is 10.4 Å². The van der Waals surface area contributed by atoms with Gasteiger partial charge in [0.2, 0.25) is 0 Å². The topological polar surface area (TPSA) is 59.1 Å². The van der Waals surface area contributed by atoms with Gasteiger partial charge in [-0.3, -0.25) is 5.41 Å². The Kier molecular flexibility index (Phi) is 5.10. The molecule has 0 spiro atoms. The first-order chi connectivity index (χ1) is 3.41. The number of rotatable bonds is 4. The van der Waals surface area contributed by atoms with Crippen LogP contribution in [0, 0.1) is 5.41 Å². The normalized spacial score (nSPS) is 7.57. The Balaban J connectivity index is 2.56. The number of nitrogens with two attached hydrogens (primary N) is 1. The van der Waals surface area contributed by atoms with Crippen molar-refractivity contribution in [3.8, 4) is 0 Å². The van der Waals surface area contributed by atoms with Crippen LogP contribution >= 0.6 is 0 Å². The maximum Gasteiger partial charge on any atom is 0.342 e. The summed E-state index contributed by atoms with van der Waals surface area (Å²) in [5, 5.41) is 6.39. The lowest BCUT2D eigenvalue weighted by Gasteiger charge is -1.90. The standard InChI is InChI=1S/C3H9BN2O/c5-2-1-4-7-3-6/h3-4,6H,1-2,5H2. The SMILES string of the molecule is N=COBCCN. The monoisotopic (exact) mass is 100 g/mol. The molecule has 0 aliphatic carbocycles. The molecule has 0 aliphatic heterocycles. The Morgan fingerprint density at radius 3 is 3.00 bits per heavy atom. The second kappa shape index (κ2) is 5.49. The minimum atomic E-state index is 0.569. The first-order valence-electron chi connectivity index (χ1n) is 2.22. The third-order valence-corrected chi connectivity index (χ3v) is 0.550. The van der Waals surface area contributed by atoms with Crippen LogP contribution < -0.4 is 5.73 Å². The molecule has 3 N–H and O–H groups in total. The second-order valence-corrected chi connectivity index (χ2v) is 1.13. The zero-order valence-corrected chi connectivity index (χ0v) is 4.18. The molecule has 0 amide bonds. The van der Waals surface area contributed by atoms with E-state index in [4.69, 9.17) is 11.1 Å². The van der Waals surface area contributed by atoms with Crippen LogP contribution in [0.4, 0.5) is 0 Å². The minimum absolute atomic E-state index is 0.569. The predicted molar refractivity (Wildman–Crippen MR) is 30.9 cm³/mol. The zero-order chi connectivity index (χ0) is 5.54. The van der Waals surface area contributed by atoms with Crippen molar-refractivity contribution in [1.82, 2.24) is 0 Å². The molecule has 0 bridgehead atoms. The van der Waals surface area contributed by atoms with E-state index >= 15 is 0 Å². The van der Waals surface area contributed by atoms with Gasteiger partial charge in [-0.05, 0) is 12.9 Å². The van der Waals surface area contributed by atoms with Crippen molar-refractivity contribution >= 4 is 13.9 Å². The van der Waals surface area contributed by atoms with E-state index < -0.39 is 0 Å². The second-order valence-electron chi connectivity index (χ2n) is 1.13. The molecule has 7 heavy (non-hydrogen) atoms. The van der Waals surface area contributed by atoms with E-state index in [-0.39, 0.29) is 0 Å². The Morgan fingerprint density at radius 2 is 2.57 bits per heavy atom. The van der Waals surface area contributed by atoms with E-state index in [2.05, 4.69) is 4.65 Å². The molecule has 0 aliphatic rings. The predicted octanol–water partition coefficient (Wildman–Crippen LogP) is -0.661. The summed E-state index contributed by atoms with van der Waals surface area (Å²) in [5.74, 6) is 0. The van der Waals surface area contributed by atoms with Crippen molar-refractivity contribution < 1.29 is 4.65 Å². The van der Waals surface area contributed by atoms with Crippen LogP contribution in [-0.2, 0) is 4.65 Å². The smallest absolute Gasteiger partial charge is 0.342 e. The first kappa shape index (κ1) is 6.49. The lowest BCUT2D eigenvalue weighted by Crippen LogP contribution is -2.04. The molecule has 0 aromatic heterocycles. The summed E-state index contributed by atoms with van der Waals surface area (Å²) in [6.07, 6.45) is 1.76. The van der Waals surface area contributed by atoms with Gasteiger partial charge in [0.15, 0.2) is 0 Å². The molecule has 0 fully saturated rings. The highest BCUT2D eigenvalue weighted by Crippen LogP contribution is 1.70. The van der Waals surface area contributed by atoms with Crippen LogP contribution in [0.15, 0.2) is 0 Å². The molecule has 0 heterocycles. The van der Waals surface area contributed by atoms with Gasteiger partial charge in [-0.25, -0.2) is 0 Å². The van der Waals surface area contributed by atoms with Crippen molar-refractivity contribution in [3.05, 3.63) is 0 Å². The zero-order valence-electron chi connectivity index (χ0n) is 4.18. The summed E-state index contributed by atoms with van der Waals surface area (Å²) >= 11 is 0. The van der Waals surface area contributed by atoms with Crippen LogP contribution in [-0.4, -0.2) is 20.4 Å². The molecule has 0 saturated heterocycles. The van der Waals surface area contributed by atoms with Crippen molar-refractivity contribution in [2.45, 2.75) is 6.32 Å². The molecular formula is C3H9BN2O. The summed E-state index contributed by atoms with van der Waals surface area (Å²) in [6.45, 7) is 0.633. The number of hydrogen-bond acceptors (Lipinski definition) is 3. The van der Waals surface area contributed by atoms with Crippen LogP contribution in [0.1, 0.15) is 0 Å². The van der Waals surface area contributed by atoms with E-state index in [9.17, 15) is 0 Å². The molecule has 4 heteroatoms. The van der Waals surface area contributed by atoms with Gasteiger partial charge in [-0.15, -0.1) is 0 Å². The Bertz CT molecular complexity index is 50.2. The molecule has 0 rings (SSSR count). The maximum atomic E-state index is 6.39. The highest BCUT2D eigenvalue weighted by atomic mass is 16.4. The summed E-state index contributed by atoms with van der Waals surface area (Å²) < 4.78 is 4.54. The van der Waals surface area contributed by atoms with E-state index in [1.165, 1.54) is 0 Å². The summed E-state index contributed by atoms with van der Waals surface area (Å²) in [5.41, 5.74) is 5.11. The Hall–Kier alpha value is -0.505. The number of nitrogens with one attached hydrogen (secondary N) is 1. The van der Waals surface area contributed by atoms with Gasteiger partial charge in [0, 0.05) is 0 Å². The molecule has 0 aromatic rings. The largest absolute Gasteiger partial charge is 0.557 e. The average Bonchev–Trinajstić information content (AvgIpc) is 1.69. The fourth-order valence-electron chi connectivity index (χ4n) is 0.226. The molecule has 0 atom stereocenters. The van der Waals surface area contributed by atoms with Gasteiger partial charge in [0.25, 0.3) is 0 Å². The third kappa shape index (κ3) is 5.49. The molecule has 0 unspecified atom stereocenters. The molecule has 40 valence electrons. The molecular weight excluding hydrogens is 90.9 g/mol. The highest BCUT2D eigenvalue weighted by molar-refractivity contribution is 6.29. The van der Waals surface area contributed by atoms with Crippen LogP contribution in [0.3, 0.4) is 0 Å². The highest BCUT2D eigenvalue weighted by Gasteiger charge is 1.83. The first-order valence-corrected chi connectivity index (χ1v) is 2.22. The molecule has 0 aromatic carbocycles. The number of hydrogen-bond donors (Lipinski definition) is 2. The molecule has 0 saturated carbocycles. The Labute approximate surface area is 43.6 Å². The van der Waals surface area contributed by atoms with Gasteiger partial charge in [0.05, 0.1) is 0 Å². The molecule has 3 nitrogen and oxygen atoms in total. The average molecular weight is 99.9 g/mol. The third-order valence-electron chi connectivity index (χ3n) is 0.550. The fraction of sp³-hybridized carbons (Fsp3) is 0.667. The van der Waals surface area contributed by atoms with Crippen LogP contribution in [0.2, 0.25) is 6.32 Å². The van der Waals surface area contributed by atoms with Crippen molar-refractivity contribution in [2.75, 3.05) is 6.54 Å². The molecule has 0 radical (unpaired) electrons. The quantitative estimate of drug-likeness (QED) is 0.213. The van der Waals surface area contributed by atoms with Crippen molar-refractivity contribution in [1.29, 1.82) is 5.41 Å². The van der Waals surface area contributed by atoms with E-state index in [0.29, 0.717) is 14.0 Å². The minimum Gasteiger partial charge on any atom is -0.557 e. The van der Waals surface area contributed by atoms with Crippen molar-refractivity contribution in [2.24, 2.45) is 5.73 Å². The lowest BCUT2D eigenvalue weighted by molar-refractivity contribution is 0.608. The van der Waals surface area contributed by atoms with Crippen LogP contribution in [0.25, 0.3) is 0 Å². The van der Waals surface area contributed by atoms with Gasteiger partial charge in [-0.2, -0.15) is 0 Å². The Morgan fingerprint density at radius 1 is 1.86 bits per heavy atom. The lowest BCUT2D eigenvalue weighted by atomic mass is 9.96. The fourth-order valence-corrected chi connectivity index (χ4v) is 0.226. The van der Waals surface area contributed by atoms with E-state index in [1.807, 2.05) is 0 Å². The van der Waals surface area contributed by atoms with Crippen molar-refractivity contribution in [3.63, 3.8) is 0 Å². The van der Waals surface area contributed by atoms with Gasteiger partial charge in [0.1, 0.15) is 6.40 Å². The van der Waals surface area contributed by atoms with Crippen LogP contribution in [0.5, 0.6) is 0 Å². The maximum absolute atomic E-state index is 6.39. The van der Waals surface area contributed by atoms with E-state index in [0.717, 1.165) is 12.7 Å². The summed E-state index contributed by atoms with van der Waals surface area (Å²) in [7, 11) is 0.569. The van der Waals surface area contributed by atoms with Gasteiger partial charge in [-0.1, -0.05) is 0 Å². The van der Waals surface area contributed by atoms with E-state index in [1.54, 1.807) is 0 Å². The van der Waals surface area contributed by atoms with Gasteiger partial charge >= 0.3 is 7.48 Å². The summed E-state index contributed by atoms with van der Waals surface area (Å²) in [6, 6.07) is 0.